The van der Waals surface area contributed by atoms with Gasteiger partial charge in [0.2, 0.25) is 0 Å². The average Bonchev–Trinajstić information content (AvgIpc) is 2.83. The molecule has 0 amide bonds. The zero-order valence-corrected chi connectivity index (χ0v) is 11.8. The van der Waals surface area contributed by atoms with E-state index in [-0.39, 0.29) is 17.9 Å². The summed E-state index contributed by atoms with van der Waals surface area (Å²) in [6.07, 6.45) is 1.02. The normalized spacial score (nSPS) is 11.4. The van der Waals surface area contributed by atoms with Gasteiger partial charge in [-0.05, 0) is 25.1 Å². The molecule has 0 fully saturated rings. The summed E-state index contributed by atoms with van der Waals surface area (Å²) in [7, 11) is -4.27. The highest BCUT2D eigenvalue weighted by Crippen LogP contribution is 2.20. The van der Waals surface area contributed by atoms with E-state index in [0.717, 1.165) is 16.9 Å². The van der Waals surface area contributed by atoms with E-state index in [1.54, 1.807) is 6.92 Å². The van der Waals surface area contributed by atoms with E-state index in [2.05, 4.69) is 5.10 Å². The van der Waals surface area contributed by atoms with Gasteiger partial charge in [-0.3, -0.25) is 0 Å². The molecular weight excluding hydrogens is 301 g/mol. The van der Waals surface area contributed by atoms with Gasteiger partial charge < -0.3 is 4.74 Å². The summed E-state index contributed by atoms with van der Waals surface area (Å²) >= 11 is 0. The molecule has 2 rings (SSSR count). The molecule has 2 N–H and O–H groups in total. The average molecular weight is 313 g/mol. The Morgan fingerprint density at radius 2 is 2.19 bits per heavy atom. The molecule has 0 aliphatic heterocycles. The third-order valence-corrected chi connectivity index (χ3v) is 3.47. The number of hydrogen-bond donors (Lipinski definition) is 1. The smallest absolute Gasteiger partial charge is 0.342 e. The van der Waals surface area contributed by atoms with Gasteiger partial charge in [-0.2, -0.15) is 5.10 Å². The van der Waals surface area contributed by atoms with Crippen LogP contribution in [0.1, 0.15) is 17.3 Å². The molecular formula is C12H12FN3O4S. The van der Waals surface area contributed by atoms with Crippen LogP contribution in [0.4, 0.5) is 4.39 Å². The van der Waals surface area contributed by atoms with Crippen LogP contribution in [0, 0.1) is 5.82 Å². The number of carbonyl (C=O) groups is 1. The van der Waals surface area contributed by atoms with E-state index in [1.807, 2.05) is 0 Å². The molecule has 9 heteroatoms. The van der Waals surface area contributed by atoms with Crippen LogP contribution in [0.25, 0.3) is 5.69 Å². The Balaban J connectivity index is 2.66. The third-order valence-electron chi connectivity index (χ3n) is 2.54. The number of ether oxygens (including phenoxy) is 1. The Kier molecular flexibility index (Phi) is 4.05. The summed E-state index contributed by atoms with van der Waals surface area (Å²) in [4.78, 5) is 11.8. The summed E-state index contributed by atoms with van der Waals surface area (Å²) in [6, 6.07) is 5.06. The number of nitrogens with two attached hydrogens (primary N) is 1. The molecule has 0 saturated heterocycles. The minimum Gasteiger partial charge on any atom is -0.462 e. The van der Waals surface area contributed by atoms with Gasteiger partial charge in [0.25, 0.3) is 10.0 Å². The number of hydrogen-bond acceptors (Lipinski definition) is 5. The van der Waals surface area contributed by atoms with Gasteiger partial charge in [0.05, 0.1) is 18.5 Å². The molecule has 0 bridgehead atoms. The maximum atomic E-state index is 13.3. The molecule has 21 heavy (non-hydrogen) atoms. The lowest BCUT2D eigenvalue weighted by molar-refractivity contribution is 0.0521. The molecule has 1 aromatic carbocycles. The predicted molar refractivity (Wildman–Crippen MR) is 70.9 cm³/mol. The Bertz CT molecular complexity index is 786. The number of nitrogens with zero attached hydrogens (tertiary/aromatic N) is 2. The number of esters is 1. The second-order valence-electron chi connectivity index (χ2n) is 4.02. The van der Waals surface area contributed by atoms with Crippen LogP contribution in [0.2, 0.25) is 0 Å². The van der Waals surface area contributed by atoms with Crippen molar-refractivity contribution in [3.8, 4) is 5.69 Å². The molecule has 0 aliphatic rings. The first-order valence-electron chi connectivity index (χ1n) is 5.88. The number of sulfonamides is 1. The molecule has 0 atom stereocenters. The lowest BCUT2D eigenvalue weighted by atomic mass is 10.3. The first-order chi connectivity index (χ1) is 9.84. The highest BCUT2D eigenvalue weighted by molar-refractivity contribution is 7.89. The molecule has 0 aliphatic carbocycles. The standard InChI is InChI=1S/C12H12FN3O4S/c1-2-20-12(17)10-7-15-16(11(10)21(14,18)19)9-5-3-4-8(13)6-9/h3-7H,2H2,1H3,(H2,14,18,19). The van der Waals surface area contributed by atoms with Gasteiger partial charge in [-0.25, -0.2) is 27.4 Å². The zero-order valence-electron chi connectivity index (χ0n) is 11.0. The van der Waals surface area contributed by atoms with Crippen molar-refractivity contribution in [3.63, 3.8) is 0 Å². The zero-order chi connectivity index (χ0) is 15.6. The van der Waals surface area contributed by atoms with Crippen molar-refractivity contribution in [1.29, 1.82) is 0 Å². The summed E-state index contributed by atoms with van der Waals surface area (Å²) < 4.78 is 42.3. The number of primary sulfonamides is 1. The topological polar surface area (TPSA) is 104 Å². The maximum Gasteiger partial charge on any atom is 0.342 e. The number of halogens is 1. The van der Waals surface area contributed by atoms with Gasteiger partial charge in [-0.15, -0.1) is 0 Å². The van der Waals surface area contributed by atoms with E-state index in [4.69, 9.17) is 9.88 Å². The lowest BCUT2D eigenvalue weighted by Gasteiger charge is -2.07. The van der Waals surface area contributed by atoms with E-state index < -0.39 is 26.8 Å². The van der Waals surface area contributed by atoms with Crippen LogP contribution in [-0.4, -0.2) is 30.8 Å². The quantitative estimate of drug-likeness (QED) is 0.842. The molecule has 0 unspecified atom stereocenters. The van der Waals surface area contributed by atoms with Crippen molar-refractivity contribution in [2.75, 3.05) is 6.61 Å². The molecule has 0 spiro atoms. The van der Waals surface area contributed by atoms with Crippen LogP contribution in [0.3, 0.4) is 0 Å². The van der Waals surface area contributed by atoms with Crippen molar-refractivity contribution >= 4 is 16.0 Å². The van der Waals surface area contributed by atoms with E-state index >= 15 is 0 Å². The highest BCUT2D eigenvalue weighted by Gasteiger charge is 2.27. The molecule has 2 aromatic rings. The second-order valence-corrected chi connectivity index (χ2v) is 5.50. The van der Waals surface area contributed by atoms with Gasteiger partial charge in [-0.1, -0.05) is 6.07 Å². The minimum absolute atomic E-state index is 0.0635. The largest absolute Gasteiger partial charge is 0.462 e. The van der Waals surface area contributed by atoms with Crippen molar-refractivity contribution in [2.24, 2.45) is 5.14 Å². The minimum atomic E-state index is -4.27. The molecule has 1 aromatic heterocycles. The van der Waals surface area contributed by atoms with E-state index in [0.29, 0.717) is 0 Å². The van der Waals surface area contributed by atoms with Gasteiger partial charge in [0.1, 0.15) is 11.4 Å². The fourth-order valence-corrected chi connectivity index (χ4v) is 2.59. The van der Waals surface area contributed by atoms with E-state index in [1.165, 1.54) is 18.2 Å². The number of benzene rings is 1. The van der Waals surface area contributed by atoms with Crippen LogP contribution < -0.4 is 5.14 Å². The Morgan fingerprint density at radius 1 is 1.48 bits per heavy atom. The van der Waals surface area contributed by atoms with Crippen molar-refractivity contribution in [1.82, 2.24) is 9.78 Å². The Hall–Kier alpha value is -2.26. The Morgan fingerprint density at radius 3 is 2.76 bits per heavy atom. The molecule has 0 saturated carbocycles. The second kappa shape index (κ2) is 5.62. The number of carbonyl (C=O) groups excluding carboxylic acids is 1. The van der Waals surface area contributed by atoms with Crippen LogP contribution in [0.15, 0.2) is 35.5 Å². The van der Waals surface area contributed by atoms with Gasteiger partial charge in [0, 0.05) is 0 Å². The molecule has 1 heterocycles. The third kappa shape index (κ3) is 3.09. The highest BCUT2D eigenvalue weighted by atomic mass is 32.2. The monoisotopic (exact) mass is 313 g/mol. The first-order valence-corrected chi connectivity index (χ1v) is 7.43. The van der Waals surface area contributed by atoms with Crippen molar-refractivity contribution in [2.45, 2.75) is 11.9 Å². The fraction of sp³-hybridized carbons (Fsp3) is 0.167. The number of rotatable bonds is 4. The molecule has 112 valence electrons. The maximum absolute atomic E-state index is 13.3. The molecule has 7 nitrogen and oxygen atoms in total. The van der Waals surface area contributed by atoms with E-state index in [9.17, 15) is 17.6 Å². The van der Waals surface area contributed by atoms with Gasteiger partial charge in [0.15, 0.2) is 5.03 Å². The van der Waals surface area contributed by atoms with Crippen LogP contribution in [-0.2, 0) is 14.8 Å². The summed E-state index contributed by atoms with van der Waals surface area (Å²) in [5, 5.41) is 8.36. The summed E-state index contributed by atoms with van der Waals surface area (Å²) in [5.74, 6) is -1.45. The van der Waals surface area contributed by atoms with Crippen molar-refractivity contribution < 1.29 is 22.3 Å². The van der Waals surface area contributed by atoms with Gasteiger partial charge >= 0.3 is 5.97 Å². The summed E-state index contributed by atoms with van der Waals surface area (Å²) in [5.41, 5.74) is -0.182. The predicted octanol–water partition coefficient (Wildman–Crippen LogP) is 0.836. The SMILES string of the molecule is CCOC(=O)c1cnn(-c2cccc(F)c2)c1S(N)(=O)=O. The van der Waals surface area contributed by atoms with Crippen molar-refractivity contribution in [3.05, 3.63) is 41.8 Å². The number of aromatic nitrogens is 2. The lowest BCUT2D eigenvalue weighted by Crippen LogP contribution is -2.21. The Labute approximate surface area is 120 Å². The first kappa shape index (κ1) is 15.1. The fourth-order valence-electron chi connectivity index (χ4n) is 1.75. The van der Waals surface area contributed by atoms with Crippen LogP contribution in [0.5, 0.6) is 0 Å². The summed E-state index contributed by atoms with van der Waals surface area (Å²) in [6.45, 7) is 1.64. The molecule has 0 radical (unpaired) electrons. The van der Waals surface area contributed by atoms with Crippen LogP contribution >= 0.6 is 0 Å².